The molecule has 0 radical (unpaired) electrons. The first kappa shape index (κ1) is 13.0. The van der Waals surface area contributed by atoms with E-state index in [0.717, 1.165) is 34.7 Å². The number of para-hydroxylation sites is 2. The smallest absolute Gasteiger partial charge is 0.256 e. The predicted molar refractivity (Wildman–Crippen MR) is 79.6 cm³/mol. The van der Waals surface area contributed by atoms with Crippen molar-refractivity contribution in [1.29, 1.82) is 0 Å². The van der Waals surface area contributed by atoms with E-state index in [2.05, 4.69) is 10.3 Å². The molecule has 1 heterocycles. The van der Waals surface area contributed by atoms with Gasteiger partial charge in [-0.3, -0.25) is 0 Å². The van der Waals surface area contributed by atoms with E-state index < -0.39 is 0 Å². The molecule has 0 saturated heterocycles. The second kappa shape index (κ2) is 6.44. The average molecular weight is 276 g/mol. The molecule has 102 valence electrons. The van der Waals surface area contributed by atoms with Gasteiger partial charge in [-0.05, 0) is 25.0 Å². The zero-order valence-electron chi connectivity index (χ0n) is 11.1. The van der Waals surface area contributed by atoms with Gasteiger partial charge in [-0.1, -0.05) is 43.2 Å². The number of oxazole rings is 1. The molecule has 4 heteroatoms. The van der Waals surface area contributed by atoms with Gasteiger partial charge in [0.2, 0.25) is 0 Å². The van der Waals surface area contributed by atoms with E-state index in [4.69, 9.17) is 4.42 Å². The van der Waals surface area contributed by atoms with Crippen molar-refractivity contribution < 1.29 is 4.42 Å². The number of nitrogens with zero attached hydrogens (tertiary/aromatic N) is 1. The van der Waals surface area contributed by atoms with Crippen LogP contribution in [0.25, 0.3) is 11.1 Å². The Kier molecular flexibility index (Phi) is 4.41. The summed E-state index contributed by atoms with van der Waals surface area (Å²) < 4.78 is 5.68. The molecule has 0 aliphatic heterocycles. The Balaban J connectivity index is 1.44. The second-order valence-electron chi connectivity index (χ2n) is 5.09. The summed E-state index contributed by atoms with van der Waals surface area (Å²) >= 11 is 1.69. The molecule has 3 nitrogen and oxygen atoms in total. The van der Waals surface area contributed by atoms with Crippen LogP contribution in [0.15, 0.2) is 33.9 Å². The van der Waals surface area contributed by atoms with E-state index >= 15 is 0 Å². The number of hydrogen-bond donors (Lipinski definition) is 1. The third-order valence-corrected chi connectivity index (χ3v) is 4.47. The Labute approximate surface area is 118 Å². The van der Waals surface area contributed by atoms with Crippen LogP contribution in [0.4, 0.5) is 0 Å². The van der Waals surface area contributed by atoms with Crippen LogP contribution in [0.5, 0.6) is 0 Å². The van der Waals surface area contributed by atoms with Crippen LogP contribution in [0.1, 0.15) is 32.1 Å². The lowest BCUT2D eigenvalue weighted by molar-refractivity contribution is 0.381. The van der Waals surface area contributed by atoms with Crippen molar-refractivity contribution in [2.45, 2.75) is 43.4 Å². The van der Waals surface area contributed by atoms with Crippen LogP contribution in [-0.4, -0.2) is 23.3 Å². The van der Waals surface area contributed by atoms with E-state index in [0.29, 0.717) is 0 Å². The van der Waals surface area contributed by atoms with Crippen molar-refractivity contribution in [2.75, 3.05) is 12.3 Å². The number of thioether (sulfide) groups is 1. The molecule has 0 bridgehead atoms. The molecular formula is C15H20N2OS. The van der Waals surface area contributed by atoms with Gasteiger partial charge < -0.3 is 9.73 Å². The van der Waals surface area contributed by atoms with Gasteiger partial charge in [0.15, 0.2) is 5.58 Å². The van der Waals surface area contributed by atoms with Crippen molar-refractivity contribution in [2.24, 2.45) is 0 Å². The highest BCUT2D eigenvalue weighted by Crippen LogP contribution is 2.23. The molecule has 0 atom stereocenters. The minimum atomic E-state index is 0.734. The molecule has 1 fully saturated rings. The summed E-state index contributed by atoms with van der Waals surface area (Å²) in [7, 11) is 0. The van der Waals surface area contributed by atoms with Crippen LogP contribution in [0.2, 0.25) is 0 Å². The van der Waals surface area contributed by atoms with E-state index in [1.165, 1.54) is 32.1 Å². The summed E-state index contributed by atoms with van der Waals surface area (Å²) in [4.78, 5) is 4.47. The van der Waals surface area contributed by atoms with Gasteiger partial charge in [0.05, 0.1) is 0 Å². The van der Waals surface area contributed by atoms with E-state index in [9.17, 15) is 0 Å². The summed E-state index contributed by atoms with van der Waals surface area (Å²) in [6.45, 7) is 1.04. The zero-order chi connectivity index (χ0) is 12.9. The molecule has 2 aromatic rings. The minimum absolute atomic E-state index is 0.734. The van der Waals surface area contributed by atoms with Crippen LogP contribution >= 0.6 is 11.8 Å². The van der Waals surface area contributed by atoms with Crippen molar-refractivity contribution in [3.05, 3.63) is 24.3 Å². The first-order chi connectivity index (χ1) is 9.42. The molecule has 1 aromatic carbocycles. The van der Waals surface area contributed by atoms with Gasteiger partial charge in [-0.25, -0.2) is 4.98 Å². The van der Waals surface area contributed by atoms with Gasteiger partial charge in [-0.15, -0.1) is 0 Å². The number of nitrogens with one attached hydrogen (secondary N) is 1. The normalized spacial score (nSPS) is 17.1. The van der Waals surface area contributed by atoms with Crippen molar-refractivity contribution in [3.8, 4) is 0 Å². The van der Waals surface area contributed by atoms with Crippen molar-refractivity contribution in [3.63, 3.8) is 0 Å². The topological polar surface area (TPSA) is 38.1 Å². The Morgan fingerprint density at radius 2 is 2.05 bits per heavy atom. The van der Waals surface area contributed by atoms with E-state index in [1.807, 2.05) is 24.3 Å². The number of aromatic nitrogens is 1. The van der Waals surface area contributed by atoms with Gasteiger partial charge in [0, 0.05) is 18.3 Å². The van der Waals surface area contributed by atoms with Gasteiger partial charge in [0.25, 0.3) is 5.22 Å². The maximum Gasteiger partial charge on any atom is 0.256 e. The molecule has 3 rings (SSSR count). The largest absolute Gasteiger partial charge is 0.431 e. The van der Waals surface area contributed by atoms with E-state index in [-0.39, 0.29) is 0 Å². The fourth-order valence-electron chi connectivity index (χ4n) is 2.62. The molecule has 1 aromatic heterocycles. The molecule has 1 N–H and O–H groups in total. The van der Waals surface area contributed by atoms with Crippen molar-refractivity contribution >= 4 is 22.9 Å². The second-order valence-corrected chi connectivity index (χ2v) is 6.13. The quantitative estimate of drug-likeness (QED) is 0.665. The third kappa shape index (κ3) is 3.51. The molecule has 1 aliphatic rings. The number of fused-ring (bicyclic) bond motifs is 1. The van der Waals surface area contributed by atoms with Crippen LogP contribution in [-0.2, 0) is 0 Å². The number of hydrogen-bond acceptors (Lipinski definition) is 4. The summed E-state index contributed by atoms with van der Waals surface area (Å²) in [6.07, 6.45) is 6.86. The Morgan fingerprint density at radius 3 is 2.89 bits per heavy atom. The van der Waals surface area contributed by atoms with Crippen LogP contribution in [0, 0.1) is 0 Å². The summed E-state index contributed by atoms with van der Waals surface area (Å²) in [5, 5.41) is 4.42. The van der Waals surface area contributed by atoms with Crippen LogP contribution in [0.3, 0.4) is 0 Å². The van der Waals surface area contributed by atoms with Gasteiger partial charge in [0.1, 0.15) is 5.52 Å². The predicted octanol–water partition coefficient (Wildman–Crippen LogP) is 3.84. The molecule has 1 aliphatic carbocycles. The summed E-state index contributed by atoms with van der Waals surface area (Å²) in [6, 6.07) is 8.66. The SMILES string of the molecule is c1ccc2oc(SCCNC3CCCCC3)nc2c1. The molecule has 1 saturated carbocycles. The first-order valence-corrected chi connectivity index (χ1v) is 8.12. The van der Waals surface area contributed by atoms with Gasteiger partial charge in [-0.2, -0.15) is 0 Å². The molecule has 0 unspecified atom stereocenters. The first-order valence-electron chi connectivity index (χ1n) is 7.13. The highest BCUT2D eigenvalue weighted by Gasteiger charge is 2.12. The minimum Gasteiger partial charge on any atom is -0.431 e. The highest BCUT2D eigenvalue weighted by atomic mass is 32.2. The van der Waals surface area contributed by atoms with E-state index in [1.54, 1.807) is 11.8 Å². The third-order valence-electron chi connectivity index (χ3n) is 3.64. The highest BCUT2D eigenvalue weighted by molar-refractivity contribution is 7.99. The summed E-state index contributed by atoms with van der Waals surface area (Å²) in [5.41, 5.74) is 1.83. The van der Waals surface area contributed by atoms with Crippen LogP contribution < -0.4 is 5.32 Å². The molecule has 0 spiro atoms. The standard InChI is InChI=1S/C15H20N2OS/c1-2-6-12(7-3-1)16-10-11-19-15-17-13-8-4-5-9-14(13)18-15/h4-5,8-9,12,16H,1-3,6-7,10-11H2. The Bertz CT molecular complexity index is 487. The summed E-state index contributed by atoms with van der Waals surface area (Å²) in [5.74, 6) is 1.02. The fourth-order valence-corrected chi connectivity index (χ4v) is 3.33. The lowest BCUT2D eigenvalue weighted by Crippen LogP contribution is -2.32. The Hall–Kier alpha value is -1.00. The monoisotopic (exact) mass is 276 g/mol. The fraction of sp³-hybridized carbons (Fsp3) is 0.533. The molecule has 19 heavy (non-hydrogen) atoms. The zero-order valence-corrected chi connectivity index (χ0v) is 11.9. The van der Waals surface area contributed by atoms with Crippen molar-refractivity contribution in [1.82, 2.24) is 10.3 Å². The van der Waals surface area contributed by atoms with Gasteiger partial charge >= 0.3 is 0 Å². The molecule has 0 amide bonds. The lowest BCUT2D eigenvalue weighted by atomic mass is 9.96. The number of benzene rings is 1. The number of rotatable bonds is 5. The Morgan fingerprint density at radius 1 is 1.21 bits per heavy atom. The maximum atomic E-state index is 5.68. The molecular weight excluding hydrogens is 256 g/mol. The lowest BCUT2D eigenvalue weighted by Gasteiger charge is -2.22. The maximum absolute atomic E-state index is 5.68. The average Bonchev–Trinajstić information content (AvgIpc) is 2.87.